The summed E-state index contributed by atoms with van der Waals surface area (Å²) >= 11 is 0. The lowest BCUT2D eigenvalue weighted by molar-refractivity contribution is -0.359. The Labute approximate surface area is 365 Å². The van der Waals surface area contributed by atoms with Gasteiger partial charge < -0.3 is 63.1 Å². The molecule has 15 heteroatoms. The van der Waals surface area contributed by atoms with E-state index in [4.69, 9.17) is 42.6 Å². The Morgan fingerprint density at radius 1 is 0.774 bits per heavy atom. The molecule has 9 aliphatic rings. The van der Waals surface area contributed by atoms with E-state index in [0.717, 1.165) is 24.8 Å². The molecule has 0 aromatic carbocycles. The molecule has 10 bridgehead atoms. The lowest BCUT2D eigenvalue weighted by Crippen LogP contribution is -2.62. The number of carbonyl (C=O) groups excluding carboxylic acids is 2. The number of aliphatic hydroxyl groups excluding tert-OH is 3. The van der Waals surface area contributed by atoms with Gasteiger partial charge in [0, 0.05) is 32.1 Å². The number of aliphatic hydroxyl groups is 4. The molecular weight excluding hydrogens is 805 g/mol. The zero-order valence-electron chi connectivity index (χ0n) is 37.5. The third-order valence-corrected chi connectivity index (χ3v) is 16.0. The smallest absolute Gasteiger partial charge is 0.311 e. The molecule has 2 spiro atoms. The first-order valence-electron chi connectivity index (χ1n) is 23.4. The van der Waals surface area contributed by atoms with Crippen LogP contribution in [-0.4, -0.2) is 140 Å². The Morgan fingerprint density at radius 2 is 1.55 bits per heavy atom. The van der Waals surface area contributed by atoms with Crippen LogP contribution in [0.4, 0.5) is 0 Å². The van der Waals surface area contributed by atoms with Crippen molar-refractivity contribution in [1.82, 2.24) is 0 Å². The number of rotatable bonds is 1. The number of ketones is 1. The summed E-state index contributed by atoms with van der Waals surface area (Å²) in [5.74, 6) is -6.12. The van der Waals surface area contributed by atoms with Gasteiger partial charge in [-0.05, 0) is 97.8 Å². The lowest BCUT2D eigenvalue weighted by atomic mass is 9.86. The van der Waals surface area contributed by atoms with Crippen molar-refractivity contribution in [3.63, 3.8) is 0 Å². The Hall–Kier alpha value is -1.86. The van der Waals surface area contributed by atoms with Crippen LogP contribution in [0.2, 0.25) is 0 Å². The first kappa shape index (κ1) is 45.3. The molecule has 15 nitrogen and oxygen atoms in total. The van der Waals surface area contributed by atoms with Crippen molar-refractivity contribution in [2.45, 2.75) is 233 Å². The Bertz CT molecular complexity index is 1790. The fourth-order valence-electron chi connectivity index (χ4n) is 12.5. The molecule has 9 aliphatic heterocycles. The van der Waals surface area contributed by atoms with Crippen molar-refractivity contribution >= 4 is 11.8 Å². The zero-order chi connectivity index (χ0) is 44.2. The predicted octanol–water partition coefficient (Wildman–Crippen LogP) is 4.22. The van der Waals surface area contributed by atoms with Gasteiger partial charge in [-0.1, -0.05) is 37.6 Å². The van der Waals surface area contributed by atoms with Crippen LogP contribution in [0, 0.1) is 17.8 Å². The van der Waals surface area contributed by atoms with E-state index in [1.807, 2.05) is 13.0 Å². The first-order valence-corrected chi connectivity index (χ1v) is 23.4. The average Bonchev–Trinajstić information content (AvgIpc) is 4.02. The number of ether oxygens (including phenoxy) is 9. The van der Waals surface area contributed by atoms with Crippen molar-refractivity contribution in [2.75, 3.05) is 6.61 Å². The molecule has 0 aromatic rings. The van der Waals surface area contributed by atoms with Crippen molar-refractivity contribution in [2.24, 2.45) is 17.8 Å². The molecule has 0 aliphatic carbocycles. The van der Waals surface area contributed by atoms with E-state index < -0.39 is 107 Å². The van der Waals surface area contributed by atoms with Crippen LogP contribution in [0.25, 0.3) is 0 Å². The minimum atomic E-state index is -2.23. The summed E-state index contributed by atoms with van der Waals surface area (Å²) in [6, 6.07) is 0. The van der Waals surface area contributed by atoms with Gasteiger partial charge in [-0.15, -0.1) is 0 Å². The molecule has 0 saturated carbocycles. The highest BCUT2D eigenvalue weighted by molar-refractivity contribution is 5.86. The van der Waals surface area contributed by atoms with Gasteiger partial charge in [0.1, 0.15) is 48.3 Å². The van der Waals surface area contributed by atoms with Gasteiger partial charge >= 0.3 is 5.97 Å². The normalized spacial score (nSPS) is 56.2. The SMILES string of the molecule is CC1=C/[C@H](C)C[C@@]2(C)CC[C@@H](O2)[C@@]23CC[C@@](C)(C[C@@H](O2)[C@H]2O[C@](C)(CC2=O)[C@@H](O)[C@@H]2CC[C@@]4(CCC[C@H](O4)[C@@H](C)C(=O)O[C@@H]4[C@H](O)[C@@H]([C@@]5(O)OCC[C@@H](C)[C@H]5O)O[C@@H]4\C=C\1)O2)O3. The van der Waals surface area contributed by atoms with Gasteiger partial charge in [0.2, 0.25) is 5.79 Å². The lowest BCUT2D eigenvalue weighted by Gasteiger charge is -2.47. The highest BCUT2D eigenvalue weighted by atomic mass is 16.8. The van der Waals surface area contributed by atoms with E-state index in [0.29, 0.717) is 57.8 Å². The van der Waals surface area contributed by atoms with Gasteiger partial charge in [-0.3, -0.25) is 9.59 Å². The minimum Gasteiger partial charge on any atom is -0.456 e. The van der Waals surface area contributed by atoms with Crippen LogP contribution in [0.1, 0.15) is 132 Å². The Kier molecular flexibility index (Phi) is 11.8. The molecule has 8 fully saturated rings. The summed E-state index contributed by atoms with van der Waals surface area (Å²) in [5.41, 5.74) is -1.34. The standard InChI is InChI=1S/C47H70O15/c1-25-10-11-31-37(35(49)40(55-31)47(53)38(50)27(3)14-20-54-47)56-41(52)28(4)30-9-8-15-45(57-30)17-12-32(58-45)39(51)44(7)23-29(48)36(61-44)33-24-43(6)18-19-46(59-33,62-43)34-13-16-42(5,60-34)22-26(2)21-25/h10-11,21,26-28,30-40,49-51,53H,8-9,12-20,22-24H2,1-7H3/b11-10+,25-21-/t26-,27+,28+,30-,31+,32-,33+,34+,35-,36-,37-,38+,39-,40-,42+,43-,44+,45+,46-,47-/m0/s1. The summed E-state index contributed by atoms with van der Waals surface area (Å²) < 4.78 is 58.6. The number of carbonyl (C=O) groups is 2. The van der Waals surface area contributed by atoms with Crippen LogP contribution in [0.5, 0.6) is 0 Å². The Morgan fingerprint density at radius 3 is 2.34 bits per heavy atom. The molecule has 9 rings (SSSR count). The maximum Gasteiger partial charge on any atom is 0.311 e. The van der Waals surface area contributed by atoms with Crippen molar-refractivity contribution in [1.29, 1.82) is 0 Å². The van der Waals surface area contributed by atoms with Crippen molar-refractivity contribution < 1.29 is 72.6 Å². The van der Waals surface area contributed by atoms with E-state index in [2.05, 4.69) is 26.8 Å². The Balaban J connectivity index is 1.01. The molecular formula is C47H70O15. The van der Waals surface area contributed by atoms with E-state index in [9.17, 15) is 30.0 Å². The number of esters is 1. The molecule has 0 unspecified atom stereocenters. The van der Waals surface area contributed by atoms with Crippen molar-refractivity contribution in [3.8, 4) is 0 Å². The summed E-state index contributed by atoms with van der Waals surface area (Å²) in [4.78, 5) is 28.0. The van der Waals surface area contributed by atoms with Crippen LogP contribution >= 0.6 is 0 Å². The highest BCUT2D eigenvalue weighted by Gasteiger charge is 2.65. The first-order chi connectivity index (χ1) is 29.2. The monoisotopic (exact) mass is 874 g/mol. The second kappa shape index (κ2) is 16.2. The molecule has 20 atom stereocenters. The summed E-state index contributed by atoms with van der Waals surface area (Å²) in [6.45, 7) is 13.7. The molecule has 0 aromatic heterocycles. The van der Waals surface area contributed by atoms with E-state index in [-0.39, 0.29) is 36.8 Å². The second-order valence-corrected chi connectivity index (χ2v) is 21.4. The van der Waals surface area contributed by atoms with Crippen molar-refractivity contribution in [3.05, 3.63) is 23.8 Å². The van der Waals surface area contributed by atoms with Crippen LogP contribution in [0.3, 0.4) is 0 Å². The number of allylic oxidation sites excluding steroid dienone is 3. The summed E-state index contributed by atoms with van der Waals surface area (Å²) in [7, 11) is 0. The van der Waals surface area contributed by atoms with Crippen LogP contribution in [-0.2, 0) is 52.2 Å². The molecule has 0 amide bonds. The number of hydrogen-bond acceptors (Lipinski definition) is 15. The molecule has 0 radical (unpaired) electrons. The number of fused-ring (bicyclic) bond motifs is 10. The fraction of sp³-hybridized carbons (Fsp3) is 0.872. The van der Waals surface area contributed by atoms with Gasteiger partial charge in [-0.25, -0.2) is 0 Å². The molecule has 348 valence electrons. The largest absolute Gasteiger partial charge is 0.456 e. The second-order valence-electron chi connectivity index (χ2n) is 21.4. The third kappa shape index (κ3) is 7.99. The van der Waals surface area contributed by atoms with Gasteiger partial charge in [0.25, 0.3) is 0 Å². The van der Waals surface area contributed by atoms with Crippen LogP contribution in [0.15, 0.2) is 23.8 Å². The van der Waals surface area contributed by atoms with Gasteiger partial charge in [0.15, 0.2) is 23.5 Å². The average molecular weight is 875 g/mol. The number of Topliss-reactive ketones (excluding diaryl/α,β-unsaturated/α-hetero) is 1. The maximum absolute atomic E-state index is 14.1. The van der Waals surface area contributed by atoms with E-state index >= 15 is 0 Å². The van der Waals surface area contributed by atoms with Gasteiger partial charge in [-0.2, -0.15) is 0 Å². The van der Waals surface area contributed by atoms with E-state index in [1.165, 1.54) is 0 Å². The third-order valence-electron chi connectivity index (χ3n) is 16.0. The van der Waals surface area contributed by atoms with Gasteiger partial charge in [0.05, 0.1) is 42.0 Å². The number of hydrogen-bond donors (Lipinski definition) is 4. The minimum absolute atomic E-state index is 0.000256. The maximum atomic E-state index is 14.1. The molecule has 4 N–H and O–H groups in total. The molecule has 9 heterocycles. The molecule has 8 saturated heterocycles. The predicted molar refractivity (Wildman–Crippen MR) is 219 cm³/mol. The summed E-state index contributed by atoms with van der Waals surface area (Å²) in [5, 5.41) is 46.6. The summed E-state index contributed by atoms with van der Waals surface area (Å²) in [6.07, 6.45) is 2.25. The topological polar surface area (TPSA) is 198 Å². The highest BCUT2D eigenvalue weighted by Crippen LogP contribution is 2.55. The molecule has 62 heavy (non-hydrogen) atoms. The quantitative estimate of drug-likeness (QED) is 0.273. The zero-order valence-corrected chi connectivity index (χ0v) is 37.5. The van der Waals surface area contributed by atoms with E-state index in [1.54, 1.807) is 26.8 Å². The fourth-order valence-corrected chi connectivity index (χ4v) is 12.5. The van der Waals surface area contributed by atoms with Crippen LogP contribution < -0.4 is 0 Å².